The zero-order chi connectivity index (χ0) is 13.8. The number of hydrogen-bond acceptors (Lipinski definition) is 4. The van der Waals surface area contributed by atoms with Gasteiger partial charge >= 0.3 is 0 Å². The molecule has 1 aliphatic heterocycles. The predicted octanol–water partition coefficient (Wildman–Crippen LogP) is 1.59. The minimum Gasteiger partial charge on any atom is -0.368 e. The zero-order valence-electron chi connectivity index (χ0n) is 11.7. The van der Waals surface area contributed by atoms with Crippen LogP contribution < -0.4 is 0 Å². The van der Waals surface area contributed by atoms with E-state index in [0.717, 1.165) is 38.4 Å². The van der Waals surface area contributed by atoms with E-state index in [-0.39, 0.29) is 5.60 Å². The summed E-state index contributed by atoms with van der Waals surface area (Å²) >= 11 is 0. The van der Waals surface area contributed by atoms with E-state index in [9.17, 15) is 0 Å². The number of rotatable bonds is 4. The van der Waals surface area contributed by atoms with Gasteiger partial charge in [-0.25, -0.2) is 0 Å². The minimum absolute atomic E-state index is 0.219. The molecular weight excluding hydrogens is 252 g/mol. The molecule has 20 heavy (non-hydrogen) atoms. The van der Waals surface area contributed by atoms with Gasteiger partial charge in [-0.2, -0.15) is 15.4 Å². The third-order valence-electron chi connectivity index (χ3n) is 3.89. The Kier molecular flexibility index (Phi) is 3.80. The summed E-state index contributed by atoms with van der Waals surface area (Å²) in [6.45, 7) is 5.81. The average molecular weight is 272 g/mol. The fraction of sp³-hybridized carbons (Fsp3) is 0.467. The Morgan fingerprint density at radius 1 is 1.35 bits per heavy atom. The first-order chi connectivity index (χ1) is 9.76. The van der Waals surface area contributed by atoms with Crippen molar-refractivity contribution in [2.45, 2.75) is 18.9 Å². The monoisotopic (exact) mass is 272 g/mol. The summed E-state index contributed by atoms with van der Waals surface area (Å²) in [4.78, 5) is 2.44. The van der Waals surface area contributed by atoms with E-state index in [4.69, 9.17) is 4.74 Å². The fourth-order valence-corrected chi connectivity index (χ4v) is 2.73. The maximum Gasteiger partial charge on any atom is 0.103 e. The minimum atomic E-state index is -0.219. The van der Waals surface area contributed by atoms with E-state index < -0.39 is 0 Å². The smallest absolute Gasteiger partial charge is 0.103 e. The molecule has 1 aromatic carbocycles. The molecule has 1 aliphatic rings. The van der Waals surface area contributed by atoms with Gasteiger partial charge in [-0.3, -0.25) is 4.90 Å². The Morgan fingerprint density at radius 2 is 2.20 bits per heavy atom. The first kappa shape index (κ1) is 13.3. The van der Waals surface area contributed by atoms with Gasteiger partial charge in [0, 0.05) is 26.1 Å². The van der Waals surface area contributed by atoms with E-state index in [1.807, 2.05) is 6.07 Å². The lowest BCUT2D eigenvalue weighted by Crippen LogP contribution is -2.48. The van der Waals surface area contributed by atoms with Crippen LogP contribution in [0.25, 0.3) is 0 Å². The van der Waals surface area contributed by atoms with Crippen molar-refractivity contribution in [3.05, 3.63) is 47.8 Å². The van der Waals surface area contributed by atoms with E-state index in [0.29, 0.717) is 0 Å². The molecule has 0 saturated carbocycles. The molecule has 0 bridgehead atoms. The molecule has 0 aliphatic carbocycles. The van der Waals surface area contributed by atoms with E-state index in [1.165, 1.54) is 5.56 Å². The van der Waals surface area contributed by atoms with Gasteiger partial charge in [-0.05, 0) is 12.5 Å². The van der Waals surface area contributed by atoms with Crippen LogP contribution in [0.3, 0.4) is 0 Å². The number of ether oxygens (including phenoxy) is 1. The van der Waals surface area contributed by atoms with Crippen LogP contribution in [0.2, 0.25) is 0 Å². The van der Waals surface area contributed by atoms with Crippen LogP contribution in [0.5, 0.6) is 0 Å². The molecular formula is C15H20N4O. The van der Waals surface area contributed by atoms with Crippen molar-refractivity contribution >= 4 is 0 Å². The third-order valence-corrected chi connectivity index (χ3v) is 3.89. The Balaban J connectivity index is 1.64. The highest BCUT2D eigenvalue weighted by molar-refractivity contribution is 5.22. The lowest BCUT2D eigenvalue weighted by Gasteiger charge is -2.40. The van der Waals surface area contributed by atoms with Gasteiger partial charge in [0.1, 0.15) is 5.60 Å². The van der Waals surface area contributed by atoms with Crippen LogP contribution in [-0.4, -0.2) is 46.6 Å². The molecule has 5 heteroatoms. The Labute approximate surface area is 118 Å². The van der Waals surface area contributed by atoms with Crippen LogP contribution in [0.15, 0.2) is 36.5 Å². The largest absolute Gasteiger partial charge is 0.368 e. The highest BCUT2D eigenvalue weighted by Crippen LogP contribution is 2.29. The second-order valence-electron chi connectivity index (χ2n) is 5.43. The molecule has 106 valence electrons. The lowest BCUT2D eigenvalue weighted by atomic mass is 9.94. The van der Waals surface area contributed by atoms with E-state index >= 15 is 0 Å². The van der Waals surface area contributed by atoms with Gasteiger partial charge in [0.2, 0.25) is 0 Å². The van der Waals surface area contributed by atoms with Gasteiger partial charge in [-0.1, -0.05) is 30.3 Å². The van der Waals surface area contributed by atoms with Crippen molar-refractivity contribution in [2.24, 2.45) is 0 Å². The summed E-state index contributed by atoms with van der Waals surface area (Å²) in [6, 6.07) is 10.5. The average Bonchev–Trinajstić information content (AvgIpc) is 3.00. The zero-order valence-corrected chi connectivity index (χ0v) is 11.7. The molecule has 1 unspecified atom stereocenters. The van der Waals surface area contributed by atoms with Gasteiger partial charge in [0.25, 0.3) is 0 Å². The van der Waals surface area contributed by atoms with Crippen LogP contribution in [-0.2, 0) is 16.8 Å². The Hall–Kier alpha value is -1.72. The second kappa shape index (κ2) is 5.73. The van der Waals surface area contributed by atoms with Crippen LogP contribution in [0, 0.1) is 0 Å². The summed E-state index contributed by atoms with van der Waals surface area (Å²) in [5.74, 6) is 0. The number of aromatic nitrogens is 3. The fourth-order valence-electron chi connectivity index (χ4n) is 2.73. The third kappa shape index (κ3) is 2.89. The Bertz CT molecular complexity index is 528. The maximum absolute atomic E-state index is 6.04. The quantitative estimate of drug-likeness (QED) is 0.918. The standard InChI is InChI=1S/C15H20N4O/c1-15(13-5-3-2-4-6-13)12-19(9-10-20-15)8-7-14-11-16-18-17-14/h2-6,11H,7-10,12H2,1H3,(H,16,17,18). The number of nitrogens with one attached hydrogen (secondary N) is 1. The van der Waals surface area contributed by atoms with Crippen molar-refractivity contribution in [1.82, 2.24) is 20.3 Å². The lowest BCUT2D eigenvalue weighted by molar-refractivity contribution is -0.103. The summed E-state index contributed by atoms with van der Waals surface area (Å²) in [7, 11) is 0. The van der Waals surface area contributed by atoms with Crippen LogP contribution in [0.4, 0.5) is 0 Å². The van der Waals surface area contributed by atoms with Crippen LogP contribution in [0.1, 0.15) is 18.2 Å². The highest BCUT2D eigenvalue weighted by atomic mass is 16.5. The summed E-state index contributed by atoms with van der Waals surface area (Å²) in [6.07, 6.45) is 2.71. The van der Waals surface area contributed by atoms with Crippen molar-refractivity contribution in [2.75, 3.05) is 26.2 Å². The van der Waals surface area contributed by atoms with E-state index in [1.54, 1.807) is 6.20 Å². The molecule has 1 N–H and O–H groups in total. The van der Waals surface area contributed by atoms with Crippen molar-refractivity contribution in [1.29, 1.82) is 0 Å². The molecule has 1 saturated heterocycles. The van der Waals surface area contributed by atoms with Gasteiger partial charge in [0.15, 0.2) is 0 Å². The molecule has 1 atom stereocenters. The molecule has 1 aromatic heterocycles. The molecule has 2 aromatic rings. The molecule has 5 nitrogen and oxygen atoms in total. The Morgan fingerprint density at radius 3 is 2.95 bits per heavy atom. The first-order valence-electron chi connectivity index (χ1n) is 7.03. The van der Waals surface area contributed by atoms with E-state index in [2.05, 4.69) is 51.5 Å². The summed E-state index contributed by atoms with van der Waals surface area (Å²) < 4.78 is 6.04. The van der Waals surface area contributed by atoms with Crippen molar-refractivity contribution in [3.8, 4) is 0 Å². The molecule has 2 heterocycles. The number of nitrogens with zero attached hydrogens (tertiary/aromatic N) is 3. The number of morpholine rings is 1. The SMILES string of the molecule is CC1(c2ccccc2)CN(CCc2cn[nH]n2)CCO1. The summed E-state index contributed by atoms with van der Waals surface area (Å²) in [5.41, 5.74) is 2.03. The number of hydrogen-bond donors (Lipinski definition) is 1. The second-order valence-corrected chi connectivity index (χ2v) is 5.43. The predicted molar refractivity (Wildman–Crippen MR) is 76.3 cm³/mol. The van der Waals surface area contributed by atoms with Gasteiger partial charge < -0.3 is 4.74 Å². The maximum atomic E-state index is 6.04. The van der Waals surface area contributed by atoms with Gasteiger partial charge in [-0.15, -0.1) is 0 Å². The number of aromatic amines is 1. The number of H-pyrrole nitrogens is 1. The molecule has 0 spiro atoms. The van der Waals surface area contributed by atoms with Crippen molar-refractivity contribution < 1.29 is 4.74 Å². The van der Waals surface area contributed by atoms with Gasteiger partial charge in [0.05, 0.1) is 18.5 Å². The number of benzene rings is 1. The van der Waals surface area contributed by atoms with Crippen LogP contribution >= 0.6 is 0 Å². The normalized spacial score (nSPS) is 23.9. The molecule has 3 rings (SSSR count). The molecule has 1 fully saturated rings. The van der Waals surface area contributed by atoms with Crippen molar-refractivity contribution in [3.63, 3.8) is 0 Å². The molecule has 0 radical (unpaired) electrons. The topological polar surface area (TPSA) is 54.0 Å². The highest BCUT2D eigenvalue weighted by Gasteiger charge is 2.33. The summed E-state index contributed by atoms with van der Waals surface area (Å²) in [5, 5.41) is 10.6. The first-order valence-corrected chi connectivity index (χ1v) is 7.03. The molecule has 0 amide bonds.